The van der Waals surface area contributed by atoms with E-state index in [9.17, 15) is 19.2 Å². The van der Waals surface area contributed by atoms with Crippen LogP contribution in [0.4, 0.5) is 5.95 Å². The highest BCUT2D eigenvalue weighted by molar-refractivity contribution is 5.93. The van der Waals surface area contributed by atoms with E-state index in [0.717, 1.165) is 26.2 Å². The summed E-state index contributed by atoms with van der Waals surface area (Å²) in [6.45, 7) is 4.67. The molecule has 0 saturated carbocycles. The summed E-state index contributed by atoms with van der Waals surface area (Å²) in [6, 6.07) is 4.67. The number of nitrogens with one attached hydrogen (secondary N) is 1. The Labute approximate surface area is 248 Å². The molecule has 226 valence electrons. The zero-order valence-electron chi connectivity index (χ0n) is 24.1. The molecular weight excluding hydrogens is 554 g/mol. The Bertz CT molecular complexity index is 1530. The van der Waals surface area contributed by atoms with E-state index in [-0.39, 0.29) is 48.8 Å². The minimum atomic E-state index is -0.490. The molecule has 3 aliphatic rings. The molecule has 6 heterocycles. The third-order valence-corrected chi connectivity index (χ3v) is 8.42. The molecule has 0 spiro atoms. The summed E-state index contributed by atoms with van der Waals surface area (Å²) in [4.78, 5) is 68.7. The predicted octanol–water partition coefficient (Wildman–Crippen LogP) is -1.31. The van der Waals surface area contributed by atoms with Gasteiger partial charge >= 0.3 is 0 Å². The number of pyridine rings is 1. The SMILES string of the molecule is CN1CCNC(=O)c2cccn(c2=O)Cc2cn(nn2)[C@@H]2CN(C(=O)CN3CCN(c4ncccn4)CC3)C[C@@H]2CC1=O. The Morgan fingerprint density at radius 3 is 2.60 bits per heavy atom. The molecule has 3 amide bonds. The number of hydrogen-bond acceptors (Lipinski definition) is 10. The van der Waals surface area contributed by atoms with Gasteiger partial charge in [-0.1, -0.05) is 5.21 Å². The van der Waals surface area contributed by atoms with Crippen LogP contribution < -0.4 is 15.8 Å². The smallest absolute Gasteiger partial charge is 0.263 e. The van der Waals surface area contributed by atoms with Gasteiger partial charge in [0, 0.05) is 90.3 Å². The predicted molar refractivity (Wildman–Crippen MR) is 154 cm³/mol. The first-order valence-corrected chi connectivity index (χ1v) is 14.5. The first kappa shape index (κ1) is 28.5. The molecular formula is C28H35N11O4. The molecule has 0 aromatic carbocycles. The van der Waals surface area contributed by atoms with Crippen LogP contribution in [0.5, 0.6) is 0 Å². The number of amides is 3. The van der Waals surface area contributed by atoms with E-state index >= 15 is 0 Å². The zero-order chi connectivity index (χ0) is 29.9. The zero-order valence-corrected chi connectivity index (χ0v) is 24.1. The molecule has 0 radical (unpaired) electrons. The van der Waals surface area contributed by atoms with Gasteiger partial charge in [0.15, 0.2) is 0 Å². The van der Waals surface area contributed by atoms with Gasteiger partial charge < -0.3 is 24.6 Å². The minimum Gasteiger partial charge on any atom is -0.350 e. The number of aromatic nitrogens is 6. The van der Waals surface area contributed by atoms with Gasteiger partial charge in [0.25, 0.3) is 11.5 Å². The number of likely N-dealkylation sites (N-methyl/N-ethyl adjacent to an activating group) is 1. The average molecular weight is 590 g/mol. The summed E-state index contributed by atoms with van der Waals surface area (Å²) in [5, 5.41) is 11.4. The number of carbonyl (C=O) groups is 3. The fourth-order valence-corrected chi connectivity index (χ4v) is 5.90. The van der Waals surface area contributed by atoms with E-state index in [1.165, 1.54) is 10.6 Å². The lowest BCUT2D eigenvalue weighted by molar-refractivity contribution is -0.133. The number of fused-ring (bicyclic) bond motifs is 6. The fourth-order valence-electron chi connectivity index (χ4n) is 5.90. The molecule has 2 atom stereocenters. The number of nitrogens with zero attached hydrogens (tertiary/aromatic N) is 10. The van der Waals surface area contributed by atoms with Crippen LogP contribution in [0.1, 0.15) is 28.5 Å². The van der Waals surface area contributed by atoms with Crippen LogP contribution in [-0.4, -0.2) is 128 Å². The van der Waals surface area contributed by atoms with Gasteiger partial charge in [0.2, 0.25) is 17.8 Å². The van der Waals surface area contributed by atoms with Crippen molar-refractivity contribution >= 4 is 23.7 Å². The van der Waals surface area contributed by atoms with Crippen LogP contribution in [0.2, 0.25) is 0 Å². The van der Waals surface area contributed by atoms with Gasteiger partial charge in [-0.3, -0.25) is 24.1 Å². The van der Waals surface area contributed by atoms with Crippen molar-refractivity contribution in [3.8, 4) is 0 Å². The molecule has 1 N–H and O–H groups in total. The van der Waals surface area contributed by atoms with Crippen molar-refractivity contribution in [3.05, 3.63) is 64.6 Å². The van der Waals surface area contributed by atoms with Crippen molar-refractivity contribution in [3.63, 3.8) is 0 Å². The summed E-state index contributed by atoms with van der Waals surface area (Å²) in [7, 11) is 1.69. The van der Waals surface area contributed by atoms with Gasteiger partial charge in [-0.25, -0.2) is 14.6 Å². The molecule has 3 aliphatic heterocycles. The fraction of sp³-hybridized carbons (Fsp3) is 0.500. The second-order valence-corrected chi connectivity index (χ2v) is 11.3. The van der Waals surface area contributed by atoms with E-state index in [4.69, 9.17) is 0 Å². The maximum Gasteiger partial charge on any atom is 0.263 e. The first-order valence-electron chi connectivity index (χ1n) is 14.5. The summed E-state index contributed by atoms with van der Waals surface area (Å²) >= 11 is 0. The number of piperazine rings is 1. The molecule has 0 unspecified atom stereocenters. The lowest BCUT2D eigenvalue weighted by Gasteiger charge is -2.34. The third kappa shape index (κ3) is 6.26. The summed E-state index contributed by atoms with van der Waals surface area (Å²) in [5.41, 5.74) is 0.133. The van der Waals surface area contributed by atoms with Crippen LogP contribution in [0, 0.1) is 5.92 Å². The molecule has 3 aromatic rings. The molecule has 0 aliphatic carbocycles. The second kappa shape index (κ2) is 12.3. The number of hydrogen-bond donors (Lipinski definition) is 1. The number of likely N-dealkylation sites (tertiary alicyclic amines) is 1. The maximum atomic E-state index is 13.5. The Morgan fingerprint density at radius 2 is 1.81 bits per heavy atom. The van der Waals surface area contributed by atoms with Crippen LogP contribution >= 0.6 is 0 Å². The number of rotatable bonds is 3. The monoisotopic (exact) mass is 589 g/mol. The highest BCUT2D eigenvalue weighted by atomic mass is 16.2. The Hall–Kier alpha value is -4.66. The number of carbonyl (C=O) groups excluding carboxylic acids is 3. The van der Waals surface area contributed by atoms with Crippen LogP contribution in [0.3, 0.4) is 0 Å². The van der Waals surface area contributed by atoms with E-state index in [0.29, 0.717) is 37.8 Å². The molecule has 2 saturated heterocycles. The van der Waals surface area contributed by atoms with Crippen molar-refractivity contribution in [2.75, 3.05) is 70.9 Å². The quantitative estimate of drug-likeness (QED) is 0.390. The summed E-state index contributed by atoms with van der Waals surface area (Å²) < 4.78 is 3.14. The van der Waals surface area contributed by atoms with Crippen molar-refractivity contribution in [2.45, 2.75) is 19.0 Å². The third-order valence-electron chi connectivity index (χ3n) is 8.42. The van der Waals surface area contributed by atoms with Gasteiger partial charge in [0.1, 0.15) is 11.3 Å². The van der Waals surface area contributed by atoms with Crippen LogP contribution in [0.25, 0.3) is 0 Å². The van der Waals surface area contributed by atoms with Gasteiger partial charge in [-0.15, -0.1) is 5.10 Å². The highest BCUT2D eigenvalue weighted by Crippen LogP contribution is 2.31. The first-order chi connectivity index (χ1) is 20.9. The van der Waals surface area contributed by atoms with Gasteiger partial charge in [-0.05, 0) is 18.2 Å². The lowest BCUT2D eigenvalue weighted by atomic mass is 9.99. The summed E-state index contributed by atoms with van der Waals surface area (Å²) in [5.74, 6) is -0.0470. The van der Waals surface area contributed by atoms with Crippen molar-refractivity contribution in [1.82, 2.24) is 49.5 Å². The molecule has 2 fully saturated rings. The highest BCUT2D eigenvalue weighted by Gasteiger charge is 2.39. The topological polar surface area (TPSA) is 155 Å². The Morgan fingerprint density at radius 1 is 1.02 bits per heavy atom. The molecule has 15 heteroatoms. The number of anilines is 1. The average Bonchev–Trinajstić information content (AvgIpc) is 3.65. The van der Waals surface area contributed by atoms with Gasteiger partial charge in [-0.2, -0.15) is 0 Å². The van der Waals surface area contributed by atoms with Crippen molar-refractivity contribution in [1.29, 1.82) is 0 Å². The van der Waals surface area contributed by atoms with Crippen molar-refractivity contribution in [2.24, 2.45) is 5.92 Å². The molecule has 3 aromatic heterocycles. The summed E-state index contributed by atoms with van der Waals surface area (Å²) in [6.07, 6.45) is 7.05. The van der Waals surface area contributed by atoms with E-state index < -0.39 is 11.5 Å². The van der Waals surface area contributed by atoms with Gasteiger partial charge in [0.05, 0.1) is 25.3 Å². The molecule has 6 rings (SSSR count). The van der Waals surface area contributed by atoms with Crippen LogP contribution in [-0.2, 0) is 16.1 Å². The molecule has 15 nitrogen and oxygen atoms in total. The van der Waals surface area contributed by atoms with E-state index in [1.807, 2.05) is 4.90 Å². The maximum absolute atomic E-state index is 13.5. The molecule has 4 bridgehead atoms. The Kier molecular flexibility index (Phi) is 8.13. The standard InChI is InChI=1S/C28H35N11O4/c1-34-9-7-29-26(42)22-4-2-8-37(27(22)43)16-21-17-39(33-32-21)23-18-38(15-20(23)14-24(34)40)25(41)19-35-10-12-36(13-11-35)28-30-5-3-6-31-28/h2-6,8,17,20,23H,7,9-16,18-19H2,1H3,(H,29,42)/t20-,23+/m0/s1. The van der Waals surface area contributed by atoms with Crippen molar-refractivity contribution < 1.29 is 14.4 Å². The molecule has 43 heavy (non-hydrogen) atoms. The normalized spacial score (nSPS) is 21.9. The second-order valence-electron chi connectivity index (χ2n) is 11.3. The largest absolute Gasteiger partial charge is 0.350 e. The lowest BCUT2D eigenvalue weighted by Crippen LogP contribution is -2.50. The van der Waals surface area contributed by atoms with Crippen LogP contribution in [0.15, 0.2) is 47.8 Å². The van der Waals surface area contributed by atoms with E-state index in [2.05, 4.69) is 35.4 Å². The van der Waals surface area contributed by atoms with E-state index in [1.54, 1.807) is 53.5 Å². The minimum absolute atomic E-state index is 0.00928. The Balaban J connectivity index is 1.17.